The zero-order valence-electron chi connectivity index (χ0n) is 31.1. The summed E-state index contributed by atoms with van der Waals surface area (Å²) in [5.74, 6) is -0.297. The molecule has 258 valence electrons. The van der Waals surface area contributed by atoms with E-state index in [-0.39, 0.29) is 21.0 Å². The summed E-state index contributed by atoms with van der Waals surface area (Å²) in [7, 11) is -7.08. The van der Waals surface area contributed by atoms with Gasteiger partial charge in [-0.1, -0.05) is 92.6 Å². The van der Waals surface area contributed by atoms with Crippen LogP contribution >= 0.6 is 0 Å². The molecule has 1 spiro atoms. The fourth-order valence-electron chi connectivity index (χ4n) is 5.83. The van der Waals surface area contributed by atoms with E-state index in [0.717, 1.165) is 5.56 Å². The number of benzene rings is 1. The topological polar surface area (TPSA) is 91.8 Å². The number of nitrogens with zero attached hydrogens (tertiary/aromatic N) is 1. The summed E-state index contributed by atoms with van der Waals surface area (Å²) in [6.45, 7) is 33.9. The Morgan fingerprint density at radius 3 is 1.87 bits per heavy atom. The van der Waals surface area contributed by atoms with Gasteiger partial charge in [0.15, 0.2) is 30.7 Å². The van der Waals surface area contributed by atoms with E-state index in [1.165, 1.54) is 0 Å². The van der Waals surface area contributed by atoms with Crippen LogP contribution in [0.3, 0.4) is 0 Å². The maximum Gasteiger partial charge on any atom is 0.330 e. The van der Waals surface area contributed by atoms with Crippen molar-refractivity contribution in [1.29, 1.82) is 0 Å². The standard InChI is InChI=1S/C35H60N2O6Si3/c1-32(2,3)44(10,11)40-23-27-29(42-45(12,13)33(4,5)6)30(43-46(14,15)34(7,8)9)35(41-27)26(24-19-17-16-18-20-24)21-25-22-28(38)36-31(39)37(25)35/h16-20,22,26-27,29-30H,21,23H2,1-15H3,(H,36,38,39)/t26-,27-,29-,30-,35+/m1/s1. The molecule has 3 heterocycles. The minimum atomic E-state index is -2.49. The SMILES string of the molecule is CC(C)(C)[Si](C)(C)OC[C@H]1O[C@@]2([C@@H](c3ccccc3)Cc3cc(=O)[nH]c(=O)n32)[C@H](O[Si](C)(C)C(C)(C)C)[C@@H]1O[Si](C)(C)C(C)(C)C. The quantitative estimate of drug-likeness (QED) is 0.286. The minimum Gasteiger partial charge on any atom is -0.414 e. The smallest absolute Gasteiger partial charge is 0.330 e. The molecule has 0 saturated carbocycles. The first-order valence-corrected chi connectivity index (χ1v) is 25.6. The van der Waals surface area contributed by atoms with E-state index >= 15 is 0 Å². The number of hydrogen-bond donors (Lipinski definition) is 1. The number of hydrogen-bond acceptors (Lipinski definition) is 6. The first-order valence-electron chi connectivity index (χ1n) is 16.8. The molecule has 46 heavy (non-hydrogen) atoms. The molecule has 0 amide bonds. The van der Waals surface area contributed by atoms with Gasteiger partial charge in [0, 0.05) is 17.7 Å². The molecule has 1 saturated heterocycles. The Balaban J connectivity index is 2.03. The Morgan fingerprint density at radius 2 is 1.35 bits per heavy atom. The van der Waals surface area contributed by atoms with E-state index in [2.05, 4.69) is 119 Å². The van der Waals surface area contributed by atoms with Crippen LogP contribution in [0.2, 0.25) is 54.4 Å². The zero-order chi connectivity index (χ0) is 34.9. The molecule has 8 nitrogen and oxygen atoms in total. The van der Waals surface area contributed by atoms with E-state index in [0.29, 0.717) is 18.7 Å². The van der Waals surface area contributed by atoms with Crippen molar-refractivity contribution in [1.82, 2.24) is 9.55 Å². The molecular formula is C35H60N2O6Si3. The molecule has 11 heteroatoms. The number of nitrogens with one attached hydrogen (secondary N) is 1. The second-order valence-electron chi connectivity index (χ2n) is 18.1. The first-order chi connectivity index (χ1) is 20.8. The van der Waals surface area contributed by atoms with Gasteiger partial charge in [-0.25, -0.2) is 4.79 Å². The van der Waals surface area contributed by atoms with Crippen LogP contribution in [0.1, 0.15) is 79.5 Å². The van der Waals surface area contributed by atoms with Gasteiger partial charge in [-0.05, 0) is 66.4 Å². The highest BCUT2D eigenvalue weighted by Gasteiger charge is 2.67. The van der Waals surface area contributed by atoms with Gasteiger partial charge in [-0.2, -0.15) is 0 Å². The Labute approximate surface area is 280 Å². The van der Waals surface area contributed by atoms with Crippen molar-refractivity contribution in [3.05, 3.63) is 68.5 Å². The third-order valence-electron chi connectivity index (χ3n) is 11.8. The van der Waals surface area contributed by atoms with Crippen molar-refractivity contribution < 1.29 is 18.0 Å². The number of rotatable bonds is 8. The third-order valence-corrected chi connectivity index (χ3v) is 25.2. The highest BCUT2D eigenvalue weighted by Crippen LogP contribution is 2.56. The van der Waals surface area contributed by atoms with Crippen LogP contribution in [0.15, 0.2) is 46.0 Å². The number of ether oxygens (including phenoxy) is 1. The van der Waals surface area contributed by atoms with Crippen molar-refractivity contribution in [2.75, 3.05) is 6.61 Å². The van der Waals surface area contributed by atoms with Crippen LogP contribution in [0.25, 0.3) is 0 Å². The number of aromatic amines is 1. The van der Waals surface area contributed by atoms with E-state index in [1.807, 2.05) is 18.2 Å². The molecule has 1 aromatic carbocycles. The average molecular weight is 689 g/mol. The van der Waals surface area contributed by atoms with Gasteiger partial charge in [0.2, 0.25) is 0 Å². The van der Waals surface area contributed by atoms with Crippen LogP contribution in [0.5, 0.6) is 0 Å². The second kappa shape index (κ2) is 12.1. The van der Waals surface area contributed by atoms with Gasteiger partial charge < -0.3 is 18.0 Å². The summed E-state index contributed by atoms with van der Waals surface area (Å²) >= 11 is 0. The lowest BCUT2D eigenvalue weighted by atomic mass is 9.84. The third kappa shape index (κ3) is 6.66. The van der Waals surface area contributed by atoms with Crippen molar-refractivity contribution in [3.8, 4) is 0 Å². The fourth-order valence-corrected chi connectivity index (χ4v) is 9.45. The summed E-state index contributed by atoms with van der Waals surface area (Å²) in [5.41, 5.74) is -0.488. The van der Waals surface area contributed by atoms with E-state index in [4.69, 9.17) is 18.0 Å². The summed E-state index contributed by atoms with van der Waals surface area (Å²) in [6, 6.07) is 11.7. The average Bonchev–Trinajstić information content (AvgIpc) is 3.36. The molecule has 0 aliphatic carbocycles. The largest absolute Gasteiger partial charge is 0.414 e. The predicted molar refractivity (Wildman–Crippen MR) is 194 cm³/mol. The molecule has 0 radical (unpaired) electrons. The number of H-pyrrole nitrogens is 1. The highest BCUT2D eigenvalue weighted by molar-refractivity contribution is 6.75. The molecule has 1 fully saturated rings. The minimum absolute atomic E-state index is 0.000919. The molecule has 2 aliphatic rings. The van der Waals surface area contributed by atoms with Gasteiger partial charge in [-0.15, -0.1) is 0 Å². The summed E-state index contributed by atoms with van der Waals surface area (Å²) in [6.07, 6.45) is -1.18. The van der Waals surface area contributed by atoms with Gasteiger partial charge in [0.05, 0.1) is 6.61 Å². The van der Waals surface area contributed by atoms with Crippen LogP contribution < -0.4 is 11.2 Å². The second-order valence-corrected chi connectivity index (χ2v) is 32.4. The van der Waals surface area contributed by atoms with Crippen molar-refractivity contribution in [2.24, 2.45) is 0 Å². The Bertz CT molecular complexity index is 1510. The molecule has 1 N–H and O–H groups in total. The molecule has 4 rings (SSSR count). The zero-order valence-corrected chi connectivity index (χ0v) is 34.1. The van der Waals surface area contributed by atoms with Crippen LogP contribution in [0, 0.1) is 0 Å². The molecule has 0 unspecified atom stereocenters. The van der Waals surface area contributed by atoms with E-state index in [1.54, 1.807) is 10.6 Å². The van der Waals surface area contributed by atoms with Crippen LogP contribution in [-0.4, -0.2) is 59.4 Å². The van der Waals surface area contributed by atoms with Crippen molar-refractivity contribution in [3.63, 3.8) is 0 Å². The summed E-state index contributed by atoms with van der Waals surface area (Å²) in [4.78, 5) is 29.3. The number of fused-ring (bicyclic) bond motifs is 2. The summed E-state index contributed by atoms with van der Waals surface area (Å²) in [5, 5.41) is -0.201. The Morgan fingerprint density at radius 1 is 0.826 bits per heavy atom. The van der Waals surface area contributed by atoms with E-state index in [9.17, 15) is 9.59 Å². The molecule has 0 bridgehead atoms. The number of aromatic nitrogens is 2. The van der Waals surface area contributed by atoms with E-state index < -0.39 is 60.2 Å². The molecule has 1 aromatic heterocycles. The van der Waals surface area contributed by atoms with Crippen LogP contribution in [-0.2, 0) is 30.2 Å². The Kier molecular flexibility index (Phi) is 9.76. The first kappa shape index (κ1) is 37.2. The van der Waals surface area contributed by atoms with Gasteiger partial charge in [-0.3, -0.25) is 14.3 Å². The summed E-state index contributed by atoms with van der Waals surface area (Å²) < 4.78 is 30.9. The maximum absolute atomic E-state index is 14.0. The van der Waals surface area contributed by atoms with Crippen molar-refractivity contribution in [2.45, 2.75) is 153 Å². The lowest BCUT2D eigenvalue weighted by molar-refractivity contribution is -0.151. The normalized spacial score (nSPS) is 26.2. The molecule has 5 atom stereocenters. The predicted octanol–water partition coefficient (Wildman–Crippen LogP) is 7.73. The molecule has 2 aromatic rings. The monoisotopic (exact) mass is 688 g/mol. The van der Waals surface area contributed by atoms with Crippen LogP contribution in [0.4, 0.5) is 0 Å². The molecular weight excluding hydrogens is 629 g/mol. The lowest BCUT2D eigenvalue weighted by Crippen LogP contribution is -2.60. The fraction of sp³-hybridized carbons (Fsp3) is 0.714. The van der Waals surface area contributed by atoms with Gasteiger partial charge >= 0.3 is 5.69 Å². The van der Waals surface area contributed by atoms with Gasteiger partial charge in [0.1, 0.15) is 18.3 Å². The lowest BCUT2D eigenvalue weighted by Gasteiger charge is -2.47. The maximum atomic E-state index is 14.0. The Hall–Kier alpha value is -1.61. The van der Waals surface area contributed by atoms with Gasteiger partial charge in [0.25, 0.3) is 5.56 Å². The molecule has 2 aliphatic heterocycles. The highest BCUT2D eigenvalue weighted by atomic mass is 28.4. The van der Waals surface area contributed by atoms with Crippen molar-refractivity contribution >= 4 is 25.0 Å².